The Bertz CT molecular complexity index is 609. The van der Waals surface area contributed by atoms with Gasteiger partial charge in [-0.25, -0.2) is 4.98 Å². The average molecular weight is 285 g/mol. The zero-order chi connectivity index (χ0) is 15.0. The van der Waals surface area contributed by atoms with E-state index in [1.54, 1.807) is 0 Å². The van der Waals surface area contributed by atoms with Crippen LogP contribution >= 0.6 is 0 Å². The summed E-state index contributed by atoms with van der Waals surface area (Å²) in [6.45, 7) is 6.11. The van der Waals surface area contributed by atoms with Crippen molar-refractivity contribution in [3.05, 3.63) is 36.3 Å². The van der Waals surface area contributed by atoms with Crippen LogP contribution in [-0.2, 0) is 5.54 Å². The van der Waals surface area contributed by atoms with Gasteiger partial charge in [0, 0.05) is 0 Å². The molecule has 0 bridgehead atoms. The third-order valence-corrected chi connectivity index (χ3v) is 4.05. The quantitative estimate of drug-likeness (QED) is 0.884. The second kappa shape index (κ2) is 5.19. The number of aromatic amines is 1. The molecule has 1 fully saturated rings. The molecule has 112 valence electrons. The highest BCUT2D eigenvalue weighted by Gasteiger charge is 2.41. The van der Waals surface area contributed by atoms with E-state index in [1.807, 2.05) is 44.3 Å². The zero-order valence-electron chi connectivity index (χ0n) is 12.9. The van der Waals surface area contributed by atoms with Crippen molar-refractivity contribution in [1.29, 1.82) is 0 Å². The number of rotatable bonds is 5. The number of hydrogen-bond acceptors (Lipinski definition) is 3. The van der Waals surface area contributed by atoms with E-state index >= 15 is 0 Å². The Morgan fingerprint density at radius 3 is 2.52 bits per heavy atom. The van der Waals surface area contributed by atoms with Gasteiger partial charge >= 0.3 is 0 Å². The maximum atomic E-state index is 6.40. The van der Waals surface area contributed by atoms with Crippen molar-refractivity contribution in [1.82, 2.24) is 9.97 Å². The van der Waals surface area contributed by atoms with Gasteiger partial charge < -0.3 is 15.5 Å². The number of ether oxygens (including phenoxy) is 1. The molecule has 1 aromatic carbocycles. The van der Waals surface area contributed by atoms with Crippen molar-refractivity contribution < 1.29 is 4.74 Å². The van der Waals surface area contributed by atoms with Crippen molar-refractivity contribution in [3.63, 3.8) is 0 Å². The minimum Gasteiger partial charge on any atom is -0.491 e. The fourth-order valence-corrected chi connectivity index (χ4v) is 2.60. The Morgan fingerprint density at radius 2 is 1.95 bits per heavy atom. The van der Waals surface area contributed by atoms with E-state index in [0.29, 0.717) is 5.92 Å². The summed E-state index contributed by atoms with van der Waals surface area (Å²) >= 11 is 0. The molecule has 0 spiro atoms. The molecular weight excluding hydrogens is 262 g/mol. The van der Waals surface area contributed by atoms with Gasteiger partial charge in [0.15, 0.2) is 0 Å². The molecule has 0 radical (unpaired) electrons. The van der Waals surface area contributed by atoms with E-state index in [4.69, 9.17) is 10.5 Å². The number of benzene rings is 1. The maximum Gasteiger partial charge on any atom is 0.126 e. The van der Waals surface area contributed by atoms with Gasteiger partial charge in [-0.3, -0.25) is 0 Å². The Balaban J connectivity index is 1.79. The number of hydrogen-bond donors (Lipinski definition) is 2. The summed E-state index contributed by atoms with van der Waals surface area (Å²) in [5.41, 5.74) is 8.14. The molecule has 4 nitrogen and oxygen atoms in total. The summed E-state index contributed by atoms with van der Waals surface area (Å²) in [6, 6.07) is 8.05. The van der Waals surface area contributed by atoms with Crippen molar-refractivity contribution >= 4 is 0 Å². The summed E-state index contributed by atoms with van der Waals surface area (Å²) in [6.07, 6.45) is 4.45. The van der Waals surface area contributed by atoms with E-state index in [0.717, 1.165) is 22.8 Å². The molecule has 0 amide bonds. The van der Waals surface area contributed by atoms with E-state index < -0.39 is 0 Å². The predicted molar refractivity (Wildman–Crippen MR) is 84.1 cm³/mol. The second-order valence-electron chi connectivity index (χ2n) is 6.39. The van der Waals surface area contributed by atoms with Gasteiger partial charge in [-0.15, -0.1) is 0 Å². The number of nitrogens with zero attached hydrogens (tertiary/aromatic N) is 1. The number of nitrogens with one attached hydrogen (secondary N) is 1. The zero-order valence-corrected chi connectivity index (χ0v) is 12.9. The normalized spacial score (nSPS) is 17.8. The molecule has 1 unspecified atom stereocenters. The molecule has 3 rings (SSSR count). The van der Waals surface area contributed by atoms with Crippen LogP contribution in [0.2, 0.25) is 0 Å². The molecule has 3 N–H and O–H groups in total. The van der Waals surface area contributed by atoms with Crippen LogP contribution in [0.25, 0.3) is 11.3 Å². The molecule has 21 heavy (non-hydrogen) atoms. The molecule has 2 aromatic rings. The largest absolute Gasteiger partial charge is 0.491 e. The summed E-state index contributed by atoms with van der Waals surface area (Å²) in [4.78, 5) is 7.86. The van der Waals surface area contributed by atoms with Crippen molar-refractivity contribution in [3.8, 4) is 17.0 Å². The first kappa shape index (κ1) is 14.1. The first-order chi connectivity index (χ1) is 9.96. The van der Waals surface area contributed by atoms with Gasteiger partial charge in [-0.05, 0) is 69.4 Å². The van der Waals surface area contributed by atoms with E-state index in [1.165, 1.54) is 12.8 Å². The summed E-state index contributed by atoms with van der Waals surface area (Å²) in [5.74, 6) is 2.32. The lowest BCUT2D eigenvalue weighted by molar-refractivity contribution is 0.242. The molecule has 1 aliphatic carbocycles. The predicted octanol–water partition coefficient (Wildman–Crippen LogP) is 3.45. The van der Waals surface area contributed by atoms with Gasteiger partial charge in [0.2, 0.25) is 0 Å². The van der Waals surface area contributed by atoms with Gasteiger partial charge in [0.05, 0.1) is 23.5 Å². The molecular formula is C17H23N3O. The Labute approximate surface area is 125 Å². The van der Waals surface area contributed by atoms with Crippen LogP contribution < -0.4 is 10.5 Å². The highest BCUT2D eigenvalue weighted by atomic mass is 16.5. The first-order valence-corrected chi connectivity index (χ1v) is 7.58. The lowest BCUT2D eigenvalue weighted by Gasteiger charge is -2.21. The topological polar surface area (TPSA) is 63.9 Å². The third-order valence-electron chi connectivity index (χ3n) is 4.05. The molecule has 1 aromatic heterocycles. The number of H-pyrrole nitrogens is 1. The average Bonchev–Trinajstić information content (AvgIpc) is 3.17. The van der Waals surface area contributed by atoms with Crippen LogP contribution in [0.4, 0.5) is 0 Å². The highest BCUT2D eigenvalue weighted by Crippen LogP contribution is 2.43. The molecule has 0 saturated heterocycles. The summed E-state index contributed by atoms with van der Waals surface area (Å²) in [7, 11) is 0. The van der Waals surface area contributed by atoms with Crippen LogP contribution in [-0.4, -0.2) is 16.1 Å². The van der Waals surface area contributed by atoms with Gasteiger partial charge in [-0.1, -0.05) is 0 Å². The van der Waals surface area contributed by atoms with Crippen LogP contribution in [0.5, 0.6) is 5.75 Å². The van der Waals surface area contributed by atoms with E-state index in [2.05, 4.69) is 16.9 Å². The molecule has 4 heteroatoms. The van der Waals surface area contributed by atoms with E-state index in [9.17, 15) is 0 Å². The first-order valence-electron chi connectivity index (χ1n) is 7.58. The fourth-order valence-electron chi connectivity index (χ4n) is 2.60. The highest BCUT2D eigenvalue weighted by molar-refractivity contribution is 5.59. The third kappa shape index (κ3) is 2.95. The van der Waals surface area contributed by atoms with Gasteiger partial charge in [0.1, 0.15) is 11.6 Å². The molecule has 1 aliphatic rings. The van der Waals surface area contributed by atoms with Crippen LogP contribution in [0.1, 0.15) is 39.4 Å². The Hall–Kier alpha value is -1.81. The lowest BCUT2D eigenvalue weighted by atomic mass is 9.97. The molecule has 1 saturated carbocycles. The minimum absolute atomic E-state index is 0.186. The fraction of sp³-hybridized carbons (Fsp3) is 0.471. The molecule has 0 aliphatic heterocycles. The molecule has 1 atom stereocenters. The number of aromatic nitrogens is 2. The SMILES string of the molecule is CC(C)Oc1ccc(-c2cnc(C(C)(N)C3CC3)[nH]2)cc1. The number of imidazole rings is 1. The number of nitrogens with two attached hydrogens (primary N) is 1. The van der Waals surface area contributed by atoms with Crippen LogP contribution in [0, 0.1) is 5.92 Å². The summed E-state index contributed by atoms with van der Waals surface area (Å²) < 4.78 is 5.66. The smallest absolute Gasteiger partial charge is 0.126 e. The maximum absolute atomic E-state index is 6.40. The van der Waals surface area contributed by atoms with Crippen molar-refractivity contribution in [2.24, 2.45) is 11.7 Å². The van der Waals surface area contributed by atoms with Crippen molar-refractivity contribution in [2.75, 3.05) is 0 Å². The van der Waals surface area contributed by atoms with Crippen LogP contribution in [0.15, 0.2) is 30.5 Å². The standard InChI is InChI=1S/C17H23N3O/c1-11(2)21-14-8-4-12(5-9-14)15-10-19-16(20-15)17(3,18)13-6-7-13/h4-5,8-11,13H,6-7,18H2,1-3H3,(H,19,20). The van der Waals surface area contributed by atoms with Gasteiger partial charge in [0.25, 0.3) is 0 Å². The van der Waals surface area contributed by atoms with E-state index in [-0.39, 0.29) is 11.6 Å². The lowest BCUT2D eigenvalue weighted by Crippen LogP contribution is -2.36. The van der Waals surface area contributed by atoms with Gasteiger partial charge in [-0.2, -0.15) is 0 Å². The van der Waals surface area contributed by atoms with Crippen LogP contribution in [0.3, 0.4) is 0 Å². The Morgan fingerprint density at radius 1 is 1.29 bits per heavy atom. The summed E-state index contributed by atoms with van der Waals surface area (Å²) in [5, 5.41) is 0. The monoisotopic (exact) mass is 285 g/mol. The Kier molecular flexibility index (Phi) is 3.49. The molecule has 1 heterocycles. The second-order valence-corrected chi connectivity index (χ2v) is 6.39. The van der Waals surface area contributed by atoms with Crippen molar-refractivity contribution in [2.45, 2.75) is 45.3 Å². The minimum atomic E-state index is -0.348.